The summed E-state index contributed by atoms with van der Waals surface area (Å²) in [6.45, 7) is 9.15. The van der Waals surface area contributed by atoms with Gasteiger partial charge in [-0.05, 0) is 24.6 Å². The van der Waals surface area contributed by atoms with Gasteiger partial charge in [-0.2, -0.15) is 0 Å². The molecule has 154 valence electrons. The molecule has 7 nitrogen and oxygen atoms in total. The van der Waals surface area contributed by atoms with Crippen molar-refractivity contribution in [3.05, 3.63) is 29.8 Å². The molecule has 1 aromatic carbocycles. The van der Waals surface area contributed by atoms with E-state index in [1.54, 1.807) is 0 Å². The third-order valence-electron chi connectivity index (χ3n) is 5.32. The molecule has 0 spiro atoms. The summed E-state index contributed by atoms with van der Waals surface area (Å²) in [6, 6.07) is 7.68. The molecular weight excluding hydrogens is 358 g/mol. The zero-order valence-electron chi connectivity index (χ0n) is 16.8. The summed E-state index contributed by atoms with van der Waals surface area (Å²) in [5, 5.41) is 0. The Balaban J connectivity index is 1.38. The lowest BCUT2D eigenvalue weighted by molar-refractivity contribution is -0.139. The number of carbonyl (C=O) groups excluding carboxylic acids is 2. The van der Waals surface area contributed by atoms with E-state index < -0.39 is 0 Å². The molecule has 0 aromatic heterocycles. The van der Waals surface area contributed by atoms with Crippen LogP contribution in [0.3, 0.4) is 0 Å². The maximum atomic E-state index is 12.6. The summed E-state index contributed by atoms with van der Waals surface area (Å²) in [7, 11) is 0. The lowest BCUT2D eigenvalue weighted by atomic mass is 10.1. The van der Waals surface area contributed by atoms with E-state index in [4.69, 9.17) is 9.47 Å². The summed E-state index contributed by atoms with van der Waals surface area (Å²) >= 11 is 0. The second-order valence-electron chi connectivity index (χ2n) is 7.22. The van der Waals surface area contributed by atoms with Crippen LogP contribution >= 0.6 is 0 Å². The van der Waals surface area contributed by atoms with Crippen LogP contribution in [0.5, 0.6) is 5.75 Å². The minimum Gasteiger partial charge on any atom is -0.494 e. The van der Waals surface area contributed by atoms with Crippen LogP contribution in [0.15, 0.2) is 24.3 Å². The first-order chi connectivity index (χ1) is 13.7. The van der Waals surface area contributed by atoms with Crippen molar-refractivity contribution in [3.8, 4) is 5.75 Å². The molecule has 3 rings (SSSR count). The Morgan fingerprint density at radius 3 is 2.14 bits per heavy atom. The molecule has 1 aromatic rings. The van der Waals surface area contributed by atoms with Gasteiger partial charge in [-0.3, -0.25) is 14.5 Å². The van der Waals surface area contributed by atoms with E-state index in [1.165, 1.54) is 0 Å². The lowest BCUT2D eigenvalue weighted by Gasteiger charge is -2.35. The second kappa shape index (κ2) is 10.4. The average molecular weight is 389 g/mol. The van der Waals surface area contributed by atoms with Crippen molar-refractivity contribution < 1.29 is 19.1 Å². The summed E-state index contributed by atoms with van der Waals surface area (Å²) in [5.41, 5.74) is 0.984. The number of benzene rings is 1. The molecule has 0 N–H and O–H groups in total. The zero-order valence-corrected chi connectivity index (χ0v) is 16.8. The highest BCUT2D eigenvalue weighted by atomic mass is 16.5. The summed E-state index contributed by atoms with van der Waals surface area (Å²) in [5.74, 6) is 1.12. The highest BCUT2D eigenvalue weighted by Gasteiger charge is 2.24. The Kier molecular flexibility index (Phi) is 7.68. The van der Waals surface area contributed by atoms with Gasteiger partial charge in [0, 0.05) is 52.2 Å². The molecule has 0 saturated carbocycles. The van der Waals surface area contributed by atoms with Crippen molar-refractivity contribution in [1.29, 1.82) is 0 Å². The quantitative estimate of drug-likeness (QED) is 0.697. The van der Waals surface area contributed by atoms with Gasteiger partial charge in [-0.25, -0.2) is 0 Å². The Bertz CT molecular complexity index is 636. The normalized spacial score (nSPS) is 18.2. The van der Waals surface area contributed by atoms with Gasteiger partial charge in [0.2, 0.25) is 11.8 Å². The summed E-state index contributed by atoms with van der Waals surface area (Å²) in [6.07, 6.45) is 0.928. The number of carbonyl (C=O) groups is 2. The molecule has 0 aliphatic carbocycles. The first-order valence-electron chi connectivity index (χ1n) is 10.2. The Labute approximate surface area is 167 Å². The minimum atomic E-state index is 0.115. The van der Waals surface area contributed by atoms with Gasteiger partial charge in [0.25, 0.3) is 0 Å². The predicted molar refractivity (Wildman–Crippen MR) is 106 cm³/mol. The van der Waals surface area contributed by atoms with Crippen molar-refractivity contribution in [1.82, 2.24) is 14.7 Å². The average Bonchev–Trinajstić information content (AvgIpc) is 2.74. The molecular formula is C21H31N3O4. The van der Waals surface area contributed by atoms with Crippen LogP contribution in [0.25, 0.3) is 0 Å². The van der Waals surface area contributed by atoms with Gasteiger partial charge < -0.3 is 19.3 Å². The van der Waals surface area contributed by atoms with Gasteiger partial charge >= 0.3 is 0 Å². The maximum absolute atomic E-state index is 12.6. The van der Waals surface area contributed by atoms with Gasteiger partial charge in [0.1, 0.15) is 5.75 Å². The number of amides is 2. The molecule has 0 atom stereocenters. The van der Waals surface area contributed by atoms with Gasteiger partial charge in [0.15, 0.2) is 0 Å². The summed E-state index contributed by atoms with van der Waals surface area (Å²) in [4.78, 5) is 31.0. The second-order valence-corrected chi connectivity index (χ2v) is 7.22. The molecule has 2 aliphatic heterocycles. The van der Waals surface area contributed by atoms with E-state index >= 15 is 0 Å². The number of hydrogen-bond acceptors (Lipinski definition) is 5. The SMILES string of the molecule is CCOc1ccc(CC(=O)N2CCN(C(=O)CCN3CCOCC3)CC2)cc1. The van der Waals surface area contributed by atoms with Gasteiger partial charge in [0.05, 0.1) is 26.2 Å². The fourth-order valence-corrected chi connectivity index (χ4v) is 3.60. The molecule has 2 amide bonds. The fraction of sp³-hybridized carbons (Fsp3) is 0.619. The molecule has 2 heterocycles. The van der Waals surface area contributed by atoms with Crippen LogP contribution in [0.2, 0.25) is 0 Å². The van der Waals surface area contributed by atoms with E-state index in [9.17, 15) is 9.59 Å². The monoisotopic (exact) mass is 389 g/mol. The number of nitrogens with zero attached hydrogens (tertiary/aromatic N) is 3. The fourth-order valence-electron chi connectivity index (χ4n) is 3.60. The summed E-state index contributed by atoms with van der Waals surface area (Å²) < 4.78 is 10.8. The van der Waals surface area contributed by atoms with Crippen LogP contribution in [0.4, 0.5) is 0 Å². The number of ether oxygens (including phenoxy) is 2. The third-order valence-corrected chi connectivity index (χ3v) is 5.32. The molecule has 2 fully saturated rings. The van der Waals surface area contributed by atoms with Crippen molar-refractivity contribution in [2.45, 2.75) is 19.8 Å². The molecule has 0 unspecified atom stereocenters. The highest BCUT2D eigenvalue weighted by molar-refractivity contribution is 5.80. The van der Waals surface area contributed by atoms with Crippen LogP contribution in [0.1, 0.15) is 18.9 Å². The van der Waals surface area contributed by atoms with Crippen LogP contribution in [0, 0.1) is 0 Å². The first-order valence-corrected chi connectivity index (χ1v) is 10.2. The minimum absolute atomic E-state index is 0.115. The zero-order chi connectivity index (χ0) is 19.8. The van der Waals surface area contributed by atoms with Crippen molar-refractivity contribution in [2.75, 3.05) is 65.6 Å². The maximum Gasteiger partial charge on any atom is 0.227 e. The number of piperazine rings is 1. The van der Waals surface area contributed by atoms with E-state index in [2.05, 4.69) is 4.90 Å². The van der Waals surface area contributed by atoms with Gasteiger partial charge in [-0.1, -0.05) is 12.1 Å². The molecule has 7 heteroatoms. The molecule has 0 radical (unpaired) electrons. The number of rotatable bonds is 7. The smallest absolute Gasteiger partial charge is 0.227 e. The largest absolute Gasteiger partial charge is 0.494 e. The van der Waals surface area contributed by atoms with Crippen molar-refractivity contribution >= 4 is 11.8 Å². The Morgan fingerprint density at radius 1 is 0.929 bits per heavy atom. The van der Waals surface area contributed by atoms with Gasteiger partial charge in [-0.15, -0.1) is 0 Å². The van der Waals surface area contributed by atoms with Crippen molar-refractivity contribution in [3.63, 3.8) is 0 Å². The highest BCUT2D eigenvalue weighted by Crippen LogP contribution is 2.14. The molecule has 0 bridgehead atoms. The Morgan fingerprint density at radius 2 is 1.54 bits per heavy atom. The van der Waals surface area contributed by atoms with Crippen LogP contribution < -0.4 is 4.74 Å². The van der Waals surface area contributed by atoms with E-state index in [-0.39, 0.29) is 11.8 Å². The van der Waals surface area contributed by atoms with E-state index in [0.29, 0.717) is 45.6 Å². The molecule has 2 saturated heterocycles. The van der Waals surface area contributed by atoms with Crippen molar-refractivity contribution in [2.24, 2.45) is 0 Å². The predicted octanol–water partition coefficient (Wildman–Crippen LogP) is 1.02. The topological polar surface area (TPSA) is 62.3 Å². The number of morpholine rings is 1. The number of hydrogen-bond donors (Lipinski definition) is 0. The van der Waals surface area contributed by atoms with Crippen LogP contribution in [-0.4, -0.2) is 92.1 Å². The molecule has 2 aliphatic rings. The van der Waals surface area contributed by atoms with Crippen LogP contribution in [-0.2, 0) is 20.7 Å². The standard InChI is InChI=1S/C21H31N3O4/c1-2-28-19-5-3-18(4-6-19)17-21(26)24-11-9-23(10-12-24)20(25)7-8-22-13-15-27-16-14-22/h3-6H,2,7-17H2,1H3. The first kappa shape index (κ1) is 20.6. The Hall–Kier alpha value is -2.12. The third kappa shape index (κ3) is 5.94. The lowest BCUT2D eigenvalue weighted by Crippen LogP contribution is -2.51. The van der Waals surface area contributed by atoms with E-state index in [0.717, 1.165) is 44.2 Å². The van der Waals surface area contributed by atoms with E-state index in [1.807, 2.05) is 41.0 Å². The molecule has 28 heavy (non-hydrogen) atoms.